The molecule has 90 valence electrons. The van der Waals surface area contributed by atoms with E-state index in [0.717, 1.165) is 25.6 Å². The summed E-state index contributed by atoms with van der Waals surface area (Å²) in [5, 5.41) is 3.25. The van der Waals surface area contributed by atoms with Crippen molar-refractivity contribution in [1.29, 1.82) is 0 Å². The van der Waals surface area contributed by atoms with E-state index in [0.29, 0.717) is 17.9 Å². The number of hydrogen-bond acceptors (Lipinski definition) is 1. The summed E-state index contributed by atoms with van der Waals surface area (Å²) in [6.45, 7) is 6.09. The van der Waals surface area contributed by atoms with E-state index in [2.05, 4.69) is 19.2 Å². The summed E-state index contributed by atoms with van der Waals surface area (Å²) in [7, 11) is 0. The molecule has 1 nitrogen and oxygen atoms in total. The largest absolute Gasteiger partial charge is 0.317 e. The zero-order chi connectivity index (χ0) is 12.0. The second kappa shape index (κ2) is 6.59. The lowest BCUT2D eigenvalue weighted by molar-refractivity contribution is 0.481. The lowest BCUT2D eigenvalue weighted by Gasteiger charge is -2.11. The SMILES string of the molecule is CCNCC(C)CCc1ccc(F)cc1F. The molecule has 16 heavy (non-hydrogen) atoms. The molecule has 0 spiro atoms. The molecule has 1 aromatic rings. The first-order chi connectivity index (χ1) is 7.63. The molecule has 3 heteroatoms. The van der Waals surface area contributed by atoms with E-state index < -0.39 is 11.6 Å². The maximum atomic E-state index is 13.3. The Morgan fingerprint density at radius 3 is 2.69 bits per heavy atom. The van der Waals surface area contributed by atoms with Crippen LogP contribution in [0, 0.1) is 17.6 Å². The van der Waals surface area contributed by atoms with Crippen molar-refractivity contribution in [2.75, 3.05) is 13.1 Å². The van der Waals surface area contributed by atoms with E-state index in [1.165, 1.54) is 12.1 Å². The van der Waals surface area contributed by atoms with Crippen LogP contribution in [0.3, 0.4) is 0 Å². The number of halogens is 2. The predicted molar refractivity (Wildman–Crippen MR) is 62.4 cm³/mol. The van der Waals surface area contributed by atoms with Gasteiger partial charge in [-0.15, -0.1) is 0 Å². The average Bonchev–Trinajstić information content (AvgIpc) is 2.25. The summed E-state index contributed by atoms with van der Waals surface area (Å²) in [5.41, 5.74) is 0.602. The van der Waals surface area contributed by atoms with Gasteiger partial charge in [0.25, 0.3) is 0 Å². The van der Waals surface area contributed by atoms with Crippen LogP contribution in [0.2, 0.25) is 0 Å². The van der Waals surface area contributed by atoms with Crippen molar-refractivity contribution in [3.63, 3.8) is 0 Å². The first-order valence-corrected chi connectivity index (χ1v) is 5.78. The van der Waals surface area contributed by atoms with Crippen LogP contribution in [0.1, 0.15) is 25.8 Å². The highest BCUT2D eigenvalue weighted by Crippen LogP contribution is 2.14. The van der Waals surface area contributed by atoms with E-state index in [4.69, 9.17) is 0 Å². The fourth-order valence-corrected chi connectivity index (χ4v) is 1.62. The molecule has 1 atom stereocenters. The second-order valence-corrected chi connectivity index (χ2v) is 4.19. The topological polar surface area (TPSA) is 12.0 Å². The molecule has 0 amide bonds. The second-order valence-electron chi connectivity index (χ2n) is 4.19. The zero-order valence-corrected chi connectivity index (χ0v) is 9.89. The van der Waals surface area contributed by atoms with Gasteiger partial charge in [0.15, 0.2) is 0 Å². The fraction of sp³-hybridized carbons (Fsp3) is 0.538. The lowest BCUT2D eigenvalue weighted by Crippen LogP contribution is -2.21. The smallest absolute Gasteiger partial charge is 0.129 e. The molecule has 0 bridgehead atoms. The van der Waals surface area contributed by atoms with Gasteiger partial charge < -0.3 is 5.32 Å². The number of rotatable bonds is 6. The molecule has 0 saturated carbocycles. The first-order valence-electron chi connectivity index (χ1n) is 5.78. The molecule has 1 N–H and O–H groups in total. The van der Waals surface area contributed by atoms with Gasteiger partial charge in [0, 0.05) is 6.07 Å². The molecule has 1 rings (SSSR count). The Kier molecular flexibility index (Phi) is 5.39. The van der Waals surface area contributed by atoms with Crippen molar-refractivity contribution in [2.45, 2.75) is 26.7 Å². The van der Waals surface area contributed by atoms with Gasteiger partial charge in [-0.1, -0.05) is 19.9 Å². The maximum absolute atomic E-state index is 13.3. The van der Waals surface area contributed by atoms with Crippen molar-refractivity contribution in [3.8, 4) is 0 Å². The van der Waals surface area contributed by atoms with Crippen LogP contribution in [0.5, 0.6) is 0 Å². The monoisotopic (exact) mass is 227 g/mol. The van der Waals surface area contributed by atoms with E-state index in [1.54, 1.807) is 0 Å². The standard InChI is InChI=1S/C13H19F2N/c1-3-16-9-10(2)4-5-11-6-7-12(14)8-13(11)15/h6-8,10,16H,3-5,9H2,1-2H3. The molecule has 0 radical (unpaired) electrons. The van der Waals surface area contributed by atoms with Gasteiger partial charge in [-0.25, -0.2) is 8.78 Å². The highest BCUT2D eigenvalue weighted by Gasteiger charge is 2.06. The molecule has 0 aliphatic heterocycles. The van der Waals surface area contributed by atoms with Gasteiger partial charge in [0.2, 0.25) is 0 Å². The van der Waals surface area contributed by atoms with Crippen molar-refractivity contribution >= 4 is 0 Å². The van der Waals surface area contributed by atoms with E-state index in [9.17, 15) is 8.78 Å². The minimum absolute atomic E-state index is 0.435. The van der Waals surface area contributed by atoms with Crippen LogP contribution < -0.4 is 5.32 Å². The van der Waals surface area contributed by atoms with Gasteiger partial charge in [-0.2, -0.15) is 0 Å². The van der Waals surface area contributed by atoms with E-state index >= 15 is 0 Å². The first kappa shape index (κ1) is 13.1. The van der Waals surface area contributed by atoms with Crippen molar-refractivity contribution in [1.82, 2.24) is 5.32 Å². The molecule has 0 aliphatic rings. The van der Waals surface area contributed by atoms with Crippen LogP contribution >= 0.6 is 0 Å². The Hall–Kier alpha value is -0.960. The van der Waals surface area contributed by atoms with Gasteiger partial charge >= 0.3 is 0 Å². The molecule has 1 unspecified atom stereocenters. The average molecular weight is 227 g/mol. The number of aryl methyl sites for hydroxylation is 1. The third-order valence-corrected chi connectivity index (χ3v) is 2.66. The summed E-state index contributed by atoms with van der Waals surface area (Å²) in [4.78, 5) is 0. The summed E-state index contributed by atoms with van der Waals surface area (Å²) in [6, 6.07) is 3.79. The molecule has 0 saturated heterocycles. The molecule has 0 fully saturated rings. The fourth-order valence-electron chi connectivity index (χ4n) is 1.62. The number of hydrogen-bond donors (Lipinski definition) is 1. The Labute approximate surface area is 95.9 Å². The highest BCUT2D eigenvalue weighted by molar-refractivity contribution is 5.18. The van der Waals surface area contributed by atoms with Crippen molar-refractivity contribution in [2.24, 2.45) is 5.92 Å². The van der Waals surface area contributed by atoms with Crippen LogP contribution in [0.4, 0.5) is 8.78 Å². The minimum atomic E-state index is -0.512. The zero-order valence-electron chi connectivity index (χ0n) is 9.89. The Bertz CT molecular complexity index is 326. The number of nitrogens with one attached hydrogen (secondary N) is 1. The summed E-state index contributed by atoms with van der Waals surface area (Å²) in [6.07, 6.45) is 1.58. The Morgan fingerprint density at radius 1 is 1.31 bits per heavy atom. The minimum Gasteiger partial charge on any atom is -0.317 e. The third-order valence-electron chi connectivity index (χ3n) is 2.66. The molecule has 0 heterocycles. The van der Waals surface area contributed by atoms with Crippen molar-refractivity contribution in [3.05, 3.63) is 35.4 Å². The van der Waals surface area contributed by atoms with E-state index in [-0.39, 0.29) is 0 Å². The predicted octanol–water partition coefficient (Wildman–Crippen LogP) is 3.14. The lowest BCUT2D eigenvalue weighted by atomic mass is 10.0. The molecular formula is C13H19F2N. The van der Waals surface area contributed by atoms with Gasteiger partial charge in [0.05, 0.1) is 0 Å². The normalized spacial score (nSPS) is 12.8. The van der Waals surface area contributed by atoms with E-state index in [1.807, 2.05) is 0 Å². The Balaban J connectivity index is 2.42. The van der Waals surface area contributed by atoms with Crippen LogP contribution in [0.25, 0.3) is 0 Å². The van der Waals surface area contributed by atoms with Crippen LogP contribution in [-0.2, 0) is 6.42 Å². The molecule has 0 aromatic heterocycles. The van der Waals surface area contributed by atoms with Gasteiger partial charge in [-0.3, -0.25) is 0 Å². The molecule has 1 aromatic carbocycles. The Morgan fingerprint density at radius 2 is 2.06 bits per heavy atom. The van der Waals surface area contributed by atoms with Crippen LogP contribution in [0.15, 0.2) is 18.2 Å². The van der Waals surface area contributed by atoms with Crippen LogP contribution in [-0.4, -0.2) is 13.1 Å². The maximum Gasteiger partial charge on any atom is 0.129 e. The van der Waals surface area contributed by atoms with Crippen molar-refractivity contribution < 1.29 is 8.78 Å². The van der Waals surface area contributed by atoms with Gasteiger partial charge in [-0.05, 0) is 43.5 Å². The molecule has 0 aliphatic carbocycles. The summed E-state index contributed by atoms with van der Waals surface area (Å²) < 4.78 is 26.0. The highest BCUT2D eigenvalue weighted by atomic mass is 19.1. The molecular weight excluding hydrogens is 208 g/mol. The number of benzene rings is 1. The summed E-state index contributed by atoms with van der Waals surface area (Å²) in [5.74, 6) is -0.443. The third kappa shape index (κ3) is 4.27. The summed E-state index contributed by atoms with van der Waals surface area (Å²) >= 11 is 0. The van der Waals surface area contributed by atoms with Gasteiger partial charge in [0.1, 0.15) is 11.6 Å². The quantitative estimate of drug-likeness (QED) is 0.787.